The molecule has 1 aromatic rings. The molecule has 1 saturated heterocycles. The predicted octanol–water partition coefficient (Wildman–Crippen LogP) is 3.19. The maximum atomic E-state index is 13.3. The maximum absolute atomic E-state index is 13.3. The number of carbonyl (C=O) groups excluding carboxylic acids is 1. The number of nitrogens with zero attached hydrogens (tertiary/aromatic N) is 1. The molecular formula is C14H19FN2O2S. The molecular weight excluding hydrogens is 279 g/mol. The number of benzene rings is 1. The van der Waals surface area contributed by atoms with Gasteiger partial charge in [0.25, 0.3) is 0 Å². The summed E-state index contributed by atoms with van der Waals surface area (Å²) in [7, 11) is 3.27. The van der Waals surface area contributed by atoms with Gasteiger partial charge in [-0.25, -0.2) is 9.18 Å². The van der Waals surface area contributed by atoms with Gasteiger partial charge in [0.2, 0.25) is 0 Å². The Morgan fingerprint density at radius 2 is 2.15 bits per heavy atom. The number of anilines is 1. The van der Waals surface area contributed by atoms with Gasteiger partial charge in [-0.2, -0.15) is 11.8 Å². The fraction of sp³-hybridized carbons (Fsp3) is 0.500. The highest BCUT2D eigenvalue weighted by Crippen LogP contribution is 2.26. The Kier molecular flexibility index (Phi) is 5.11. The van der Waals surface area contributed by atoms with E-state index >= 15 is 0 Å². The standard InChI is InChI=1S/C14H19FN2O2S/c1-17(11-5-7-20-8-6-11)14(18)16-12-9-10(15)3-4-13(12)19-2/h3-4,9,11H,5-8H2,1-2H3,(H,16,18). The molecule has 0 aliphatic carbocycles. The van der Waals surface area contributed by atoms with Crippen molar-refractivity contribution < 1.29 is 13.9 Å². The molecule has 2 rings (SSSR count). The third-order valence-electron chi connectivity index (χ3n) is 3.46. The van der Waals surface area contributed by atoms with Crippen LogP contribution < -0.4 is 10.1 Å². The summed E-state index contributed by atoms with van der Waals surface area (Å²) < 4.78 is 18.4. The van der Waals surface area contributed by atoms with Crippen molar-refractivity contribution in [2.24, 2.45) is 0 Å². The van der Waals surface area contributed by atoms with Gasteiger partial charge in [0.15, 0.2) is 0 Å². The van der Waals surface area contributed by atoms with Crippen molar-refractivity contribution in [2.45, 2.75) is 18.9 Å². The number of amides is 2. The van der Waals surface area contributed by atoms with E-state index in [1.807, 2.05) is 11.8 Å². The zero-order valence-electron chi connectivity index (χ0n) is 11.7. The first-order valence-electron chi connectivity index (χ1n) is 6.57. The van der Waals surface area contributed by atoms with Gasteiger partial charge in [-0.1, -0.05) is 0 Å². The van der Waals surface area contributed by atoms with Gasteiger partial charge in [0.1, 0.15) is 11.6 Å². The van der Waals surface area contributed by atoms with E-state index in [1.165, 1.54) is 25.3 Å². The lowest BCUT2D eigenvalue weighted by Gasteiger charge is -2.31. The van der Waals surface area contributed by atoms with Crippen molar-refractivity contribution in [3.8, 4) is 5.75 Å². The topological polar surface area (TPSA) is 41.6 Å². The fourth-order valence-corrected chi connectivity index (χ4v) is 3.30. The van der Waals surface area contributed by atoms with E-state index in [4.69, 9.17) is 4.74 Å². The number of thioether (sulfide) groups is 1. The van der Waals surface area contributed by atoms with Crippen LogP contribution in [-0.2, 0) is 0 Å². The second-order valence-corrected chi connectivity index (χ2v) is 5.95. The second kappa shape index (κ2) is 6.83. The fourth-order valence-electron chi connectivity index (χ4n) is 2.22. The van der Waals surface area contributed by atoms with Crippen LogP contribution in [0.25, 0.3) is 0 Å². The number of methoxy groups -OCH3 is 1. The first-order valence-corrected chi connectivity index (χ1v) is 7.72. The van der Waals surface area contributed by atoms with Crippen molar-refractivity contribution >= 4 is 23.5 Å². The average Bonchev–Trinajstić information content (AvgIpc) is 2.47. The number of ether oxygens (including phenoxy) is 1. The van der Waals surface area contributed by atoms with Crippen molar-refractivity contribution in [1.82, 2.24) is 4.90 Å². The third kappa shape index (κ3) is 3.56. The SMILES string of the molecule is COc1ccc(F)cc1NC(=O)N(C)C1CCSCC1. The Balaban J connectivity index is 2.05. The minimum atomic E-state index is -0.405. The summed E-state index contributed by atoms with van der Waals surface area (Å²) in [6.45, 7) is 0. The van der Waals surface area contributed by atoms with E-state index in [0.29, 0.717) is 11.4 Å². The molecule has 0 spiro atoms. The van der Waals surface area contributed by atoms with Gasteiger partial charge in [-0.15, -0.1) is 0 Å². The molecule has 0 atom stereocenters. The molecule has 1 aromatic carbocycles. The Morgan fingerprint density at radius 3 is 2.80 bits per heavy atom. The van der Waals surface area contributed by atoms with Gasteiger partial charge >= 0.3 is 6.03 Å². The van der Waals surface area contributed by atoms with Crippen LogP contribution in [0.15, 0.2) is 18.2 Å². The number of hydrogen-bond donors (Lipinski definition) is 1. The summed E-state index contributed by atoms with van der Waals surface area (Å²) >= 11 is 1.91. The molecule has 6 heteroatoms. The van der Waals surface area contributed by atoms with Crippen LogP contribution in [0.3, 0.4) is 0 Å². The van der Waals surface area contributed by atoms with Crippen LogP contribution in [0, 0.1) is 5.82 Å². The third-order valence-corrected chi connectivity index (χ3v) is 4.51. The zero-order valence-corrected chi connectivity index (χ0v) is 12.5. The molecule has 2 amide bonds. The van der Waals surface area contributed by atoms with Gasteiger partial charge in [0.05, 0.1) is 12.8 Å². The molecule has 0 bridgehead atoms. The molecule has 1 aliphatic heterocycles. The van der Waals surface area contributed by atoms with Gasteiger partial charge < -0.3 is 15.0 Å². The van der Waals surface area contributed by atoms with Crippen molar-refractivity contribution in [3.63, 3.8) is 0 Å². The van der Waals surface area contributed by atoms with E-state index in [0.717, 1.165) is 24.3 Å². The summed E-state index contributed by atoms with van der Waals surface area (Å²) in [5.74, 6) is 2.20. The number of nitrogens with one attached hydrogen (secondary N) is 1. The van der Waals surface area contributed by atoms with Crippen LogP contribution in [0.4, 0.5) is 14.9 Å². The Hall–Kier alpha value is -1.43. The quantitative estimate of drug-likeness (QED) is 0.932. The van der Waals surface area contributed by atoms with Crippen LogP contribution in [0.5, 0.6) is 5.75 Å². The van der Waals surface area contributed by atoms with Crippen LogP contribution in [-0.4, -0.2) is 42.6 Å². The molecule has 0 radical (unpaired) electrons. The summed E-state index contributed by atoms with van der Waals surface area (Å²) in [6.07, 6.45) is 1.99. The predicted molar refractivity (Wildman–Crippen MR) is 80.1 cm³/mol. The minimum absolute atomic E-state index is 0.231. The first kappa shape index (κ1) is 15.0. The first-order chi connectivity index (χ1) is 9.61. The van der Waals surface area contributed by atoms with E-state index < -0.39 is 5.82 Å². The van der Waals surface area contributed by atoms with E-state index in [2.05, 4.69) is 5.32 Å². The Bertz CT molecular complexity index is 478. The molecule has 1 N–H and O–H groups in total. The van der Waals surface area contributed by atoms with E-state index in [1.54, 1.807) is 11.9 Å². The highest BCUT2D eigenvalue weighted by molar-refractivity contribution is 7.99. The maximum Gasteiger partial charge on any atom is 0.321 e. The van der Waals surface area contributed by atoms with Crippen molar-refractivity contribution in [3.05, 3.63) is 24.0 Å². The highest BCUT2D eigenvalue weighted by Gasteiger charge is 2.23. The molecule has 0 aromatic heterocycles. The monoisotopic (exact) mass is 298 g/mol. The molecule has 110 valence electrons. The van der Waals surface area contributed by atoms with E-state index in [9.17, 15) is 9.18 Å². The summed E-state index contributed by atoms with van der Waals surface area (Å²) in [4.78, 5) is 13.9. The lowest BCUT2D eigenvalue weighted by atomic mass is 10.1. The number of carbonyl (C=O) groups is 1. The molecule has 4 nitrogen and oxygen atoms in total. The molecule has 0 saturated carbocycles. The van der Waals surface area contributed by atoms with Gasteiger partial charge in [-0.05, 0) is 36.5 Å². The Morgan fingerprint density at radius 1 is 1.45 bits per heavy atom. The Labute approximate surface area is 122 Å². The van der Waals surface area contributed by atoms with Gasteiger partial charge in [-0.3, -0.25) is 0 Å². The average molecular weight is 298 g/mol. The normalized spacial score (nSPS) is 15.8. The number of urea groups is 1. The lowest BCUT2D eigenvalue weighted by molar-refractivity contribution is 0.200. The molecule has 1 aliphatic rings. The van der Waals surface area contributed by atoms with Crippen LogP contribution in [0.2, 0.25) is 0 Å². The number of rotatable bonds is 3. The lowest BCUT2D eigenvalue weighted by Crippen LogP contribution is -2.41. The minimum Gasteiger partial charge on any atom is -0.495 e. The van der Waals surface area contributed by atoms with Crippen molar-refractivity contribution in [2.75, 3.05) is 31.0 Å². The van der Waals surface area contributed by atoms with Crippen LogP contribution >= 0.6 is 11.8 Å². The molecule has 0 unspecified atom stereocenters. The van der Waals surface area contributed by atoms with Crippen LogP contribution in [0.1, 0.15) is 12.8 Å². The zero-order chi connectivity index (χ0) is 14.5. The molecule has 1 heterocycles. The number of hydrogen-bond acceptors (Lipinski definition) is 3. The highest BCUT2D eigenvalue weighted by atomic mass is 32.2. The van der Waals surface area contributed by atoms with Gasteiger partial charge in [0, 0.05) is 19.2 Å². The summed E-state index contributed by atoms with van der Waals surface area (Å²) in [6, 6.07) is 4.08. The largest absolute Gasteiger partial charge is 0.495 e. The van der Waals surface area contributed by atoms with E-state index in [-0.39, 0.29) is 12.1 Å². The van der Waals surface area contributed by atoms with Crippen molar-refractivity contribution in [1.29, 1.82) is 0 Å². The smallest absolute Gasteiger partial charge is 0.321 e. The number of halogens is 1. The summed E-state index contributed by atoms with van der Waals surface area (Å²) in [5, 5.41) is 2.71. The molecule has 20 heavy (non-hydrogen) atoms. The molecule has 1 fully saturated rings. The summed E-state index contributed by atoms with van der Waals surface area (Å²) in [5.41, 5.74) is 0.356. The second-order valence-electron chi connectivity index (χ2n) is 4.73.